The Bertz CT molecular complexity index is 1470. The number of aromatic amines is 1. The molecule has 0 unspecified atom stereocenters. The van der Waals surface area contributed by atoms with Crippen LogP contribution in [0.5, 0.6) is 0 Å². The second kappa shape index (κ2) is 9.52. The van der Waals surface area contributed by atoms with E-state index in [1.54, 1.807) is 24.3 Å². The molecule has 1 saturated heterocycles. The van der Waals surface area contributed by atoms with Gasteiger partial charge in [-0.05, 0) is 50.2 Å². The van der Waals surface area contributed by atoms with Gasteiger partial charge >= 0.3 is 5.69 Å². The van der Waals surface area contributed by atoms with E-state index in [9.17, 15) is 9.59 Å². The Balaban J connectivity index is 1.36. The maximum atomic E-state index is 13.0. The lowest BCUT2D eigenvalue weighted by atomic mass is 10.2. The molecule has 5 rings (SSSR count). The van der Waals surface area contributed by atoms with Crippen LogP contribution in [-0.2, 0) is 0 Å². The molecule has 2 N–H and O–H groups in total. The van der Waals surface area contributed by atoms with Gasteiger partial charge in [-0.2, -0.15) is 4.98 Å². The number of hydrogen-bond donors (Lipinski definition) is 2. The standard InChI is InChI=1S/C25H26ClN7O2/c1-16(2)31-11-13-32(14-12-31)18-9-7-17(8-10-18)28-24-27-15-19-22(29-24)30-25(35)33(23(19)34)21-6-4-3-5-20(21)26/h3-10,15-16H,11-14H2,1-2H3,(H2,27,28,29,30,35). The minimum absolute atomic E-state index is 0.153. The van der Waals surface area contributed by atoms with E-state index in [0.29, 0.717) is 16.8 Å². The summed E-state index contributed by atoms with van der Waals surface area (Å²) in [7, 11) is 0. The number of aromatic nitrogens is 4. The molecule has 9 nitrogen and oxygen atoms in total. The third kappa shape index (κ3) is 4.65. The molecule has 0 radical (unpaired) electrons. The summed E-state index contributed by atoms with van der Waals surface area (Å²) in [5.41, 5.74) is 1.27. The van der Waals surface area contributed by atoms with Crippen LogP contribution in [-0.4, -0.2) is 56.6 Å². The van der Waals surface area contributed by atoms with Crippen LogP contribution < -0.4 is 21.5 Å². The highest BCUT2D eigenvalue weighted by atomic mass is 35.5. The molecule has 1 aliphatic heterocycles. The van der Waals surface area contributed by atoms with Crippen molar-refractivity contribution in [3.63, 3.8) is 0 Å². The van der Waals surface area contributed by atoms with Gasteiger partial charge in [0, 0.05) is 49.8 Å². The summed E-state index contributed by atoms with van der Waals surface area (Å²) in [6.45, 7) is 8.57. The van der Waals surface area contributed by atoms with Crippen LogP contribution in [0.15, 0.2) is 64.3 Å². The number of fused-ring (bicyclic) bond motifs is 1. The van der Waals surface area contributed by atoms with Gasteiger partial charge in [0.05, 0.1) is 10.7 Å². The molecule has 10 heteroatoms. The van der Waals surface area contributed by atoms with Crippen LogP contribution in [0.3, 0.4) is 0 Å². The fraction of sp³-hybridized carbons (Fsp3) is 0.280. The molecule has 0 bridgehead atoms. The zero-order valence-electron chi connectivity index (χ0n) is 19.5. The number of para-hydroxylation sites is 1. The predicted molar refractivity (Wildman–Crippen MR) is 139 cm³/mol. The van der Waals surface area contributed by atoms with E-state index in [-0.39, 0.29) is 17.0 Å². The van der Waals surface area contributed by atoms with Gasteiger partial charge in [0.15, 0.2) is 5.65 Å². The first kappa shape index (κ1) is 23.1. The van der Waals surface area contributed by atoms with Crippen LogP contribution in [0.25, 0.3) is 16.7 Å². The molecule has 1 fully saturated rings. The highest BCUT2D eigenvalue weighted by Crippen LogP contribution is 2.22. The second-order valence-electron chi connectivity index (χ2n) is 8.77. The normalized spacial score (nSPS) is 14.6. The molecular weight excluding hydrogens is 466 g/mol. The Hall–Kier alpha value is -3.69. The minimum Gasteiger partial charge on any atom is -0.369 e. The van der Waals surface area contributed by atoms with Crippen LogP contribution in [0.2, 0.25) is 5.02 Å². The quantitative estimate of drug-likeness (QED) is 0.441. The van der Waals surface area contributed by atoms with Crippen molar-refractivity contribution in [3.05, 3.63) is 80.6 Å². The molecule has 0 aliphatic carbocycles. The van der Waals surface area contributed by atoms with Crippen LogP contribution in [0.1, 0.15) is 13.8 Å². The van der Waals surface area contributed by atoms with Gasteiger partial charge in [-0.15, -0.1) is 0 Å². The maximum absolute atomic E-state index is 13.0. The molecule has 2 aromatic heterocycles. The van der Waals surface area contributed by atoms with Crippen molar-refractivity contribution in [3.8, 4) is 5.69 Å². The third-order valence-corrected chi connectivity index (χ3v) is 6.60. The van der Waals surface area contributed by atoms with Gasteiger partial charge in [0.2, 0.25) is 5.95 Å². The number of anilines is 3. The van der Waals surface area contributed by atoms with E-state index in [1.165, 1.54) is 11.9 Å². The van der Waals surface area contributed by atoms with Crippen molar-refractivity contribution in [2.75, 3.05) is 36.4 Å². The molecule has 180 valence electrons. The monoisotopic (exact) mass is 491 g/mol. The maximum Gasteiger partial charge on any atom is 0.334 e. The number of hydrogen-bond acceptors (Lipinski definition) is 7. The van der Waals surface area contributed by atoms with Crippen molar-refractivity contribution in [1.82, 2.24) is 24.4 Å². The second-order valence-corrected chi connectivity index (χ2v) is 9.17. The number of rotatable bonds is 5. The third-order valence-electron chi connectivity index (χ3n) is 6.28. The molecule has 2 aromatic carbocycles. The first-order valence-corrected chi connectivity index (χ1v) is 11.9. The smallest absolute Gasteiger partial charge is 0.334 e. The molecule has 35 heavy (non-hydrogen) atoms. The summed E-state index contributed by atoms with van der Waals surface area (Å²) in [5, 5.41) is 3.62. The van der Waals surface area contributed by atoms with Gasteiger partial charge in [-0.3, -0.25) is 14.7 Å². The Kier molecular flexibility index (Phi) is 6.27. The lowest BCUT2D eigenvalue weighted by Gasteiger charge is -2.38. The minimum atomic E-state index is -0.623. The van der Waals surface area contributed by atoms with Crippen LogP contribution >= 0.6 is 11.6 Å². The first-order chi connectivity index (χ1) is 16.9. The lowest BCUT2D eigenvalue weighted by molar-refractivity contribution is 0.209. The lowest BCUT2D eigenvalue weighted by Crippen LogP contribution is -2.48. The van der Waals surface area contributed by atoms with Crippen molar-refractivity contribution in [1.29, 1.82) is 0 Å². The van der Waals surface area contributed by atoms with Gasteiger partial charge in [-0.25, -0.2) is 14.3 Å². The summed E-state index contributed by atoms with van der Waals surface area (Å²) in [6.07, 6.45) is 1.40. The van der Waals surface area contributed by atoms with Gasteiger partial charge in [0.1, 0.15) is 5.39 Å². The summed E-state index contributed by atoms with van der Waals surface area (Å²) < 4.78 is 0.987. The van der Waals surface area contributed by atoms with Crippen LogP contribution in [0.4, 0.5) is 17.3 Å². The Morgan fingerprint density at radius 2 is 1.71 bits per heavy atom. The number of piperazine rings is 1. The van der Waals surface area contributed by atoms with Gasteiger partial charge in [0.25, 0.3) is 5.56 Å². The highest BCUT2D eigenvalue weighted by molar-refractivity contribution is 6.32. The van der Waals surface area contributed by atoms with Crippen molar-refractivity contribution < 1.29 is 0 Å². The molecule has 0 atom stereocenters. The number of benzene rings is 2. The molecule has 0 amide bonds. The Labute approximate surface area is 207 Å². The predicted octanol–water partition coefficient (Wildman–Crippen LogP) is 3.40. The van der Waals surface area contributed by atoms with E-state index >= 15 is 0 Å². The SMILES string of the molecule is CC(C)N1CCN(c2ccc(Nc3ncc4c(=O)n(-c5ccccc5Cl)c(=O)[nH]c4n3)cc2)CC1. The number of nitrogens with one attached hydrogen (secondary N) is 2. The molecule has 0 spiro atoms. The number of H-pyrrole nitrogens is 1. The van der Waals surface area contributed by atoms with Crippen molar-refractivity contribution in [2.45, 2.75) is 19.9 Å². The van der Waals surface area contributed by atoms with E-state index < -0.39 is 11.2 Å². The van der Waals surface area contributed by atoms with E-state index in [1.807, 2.05) is 12.1 Å². The Morgan fingerprint density at radius 1 is 1.00 bits per heavy atom. The van der Waals surface area contributed by atoms with E-state index in [4.69, 9.17) is 11.6 Å². The molecular formula is C25H26ClN7O2. The zero-order valence-corrected chi connectivity index (χ0v) is 20.3. The number of nitrogens with zero attached hydrogens (tertiary/aromatic N) is 5. The fourth-order valence-electron chi connectivity index (χ4n) is 4.30. The highest BCUT2D eigenvalue weighted by Gasteiger charge is 2.19. The van der Waals surface area contributed by atoms with Gasteiger partial charge in [-0.1, -0.05) is 23.7 Å². The summed E-state index contributed by atoms with van der Waals surface area (Å²) >= 11 is 6.19. The van der Waals surface area contributed by atoms with Crippen LogP contribution in [0, 0.1) is 0 Å². The van der Waals surface area contributed by atoms with Crippen molar-refractivity contribution in [2.24, 2.45) is 0 Å². The summed E-state index contributed by atoms with van der Waals surface area (Å²) in [6, 6.07) is 15.3. The van der Waals surface area contributed by atoms with Crippen molar-refractivity contribution >= 4 is 40.0 Å². The summed E-state index contributed by atoms with van der Waals surface area (Å²) in [4.78, 5) is 41.8. The molecule has 4 aromatic rings. The first-order valence-electron chi connectivity index (χ1n) is 11.5. The topological polar surface area (TPSA) is 99.1 Å². The largest absolute Gasteiger partial charge is 0.369 e. The Morgan fingerprint density at radius 3 is 2.40 bits per heavy atom. The van der Waals surface area contributed by atoms with E-state index in [0.717, 1.165) is 36.4 Å². The molecule has 3 heterocycles. The van der Waals surface area contributed by atoms with E-state index in [2.05, 4.69) is 56.0 Å². The van der Waals surface area contributed by atoms with Gasteiger partial charge < -0.3 is 10.2 Å². The average molecular weight is 492 g/mol. The number of halogens is 1. The molecule has 0 saturated carbocycles. The fourth-order valence-corrected chi connectivity index (χ4v) is 4.52. The summed E-state index contributed by atoms with van der Waals surface area (Å²) in [5.74, 6) is 0.279. The average Bonchev–Trinajstić information content (AvgIpc) is 2.85. The molecule has 1 aliphatic rings. The zero-order chi connectivity index (χ0) is 24.5.